The number of para-hydroxylation sites is 1. The minimum atomic E-state index is -0.0337. The molecule has 5 nitrogen and oxygen atoms in total. The van der Waals surface area contributed by atoms with Crippen molar-refractivity contribution in [1.29, 1.82) is 0 Å². The van der Waals surface area contributed by atoms with Crippen molar-refractivity contribution in [2.75, 3.05) is 39.6 Å². The van der Waals surface area contributed by atoms with Crippen LogP contribution in [-0.4, -0.2) is 45.1 Å². The van der Waals surface area contributed by atoms with E-state index in [1.165, 1.54) is 0 Å². The van der Waals surface area contributed by atoms with E-state index in [0.717, 1.165) is 17.0 Å². The van der Waals surface area contributed by atoms with E-state index >= 15 is 0 Å². The van der Waals surface area contributed by atoms with E-state index in [1.54, 1.807) is 7.11 Å². The third-order valence-corrected chi connectivity index (χ3v) is 3.82. The molecule has 0 saturated carbocycles. The maximum Gasteiger partial charge on any atom is 0.239 e. The van der Waals surface area contributed by atoms with Gasteiger partial charge < -0.3 is 20.3 Å². The minimum Gasteiger partial charge on any atom is -0.497 e. The van der Waals surface area contributed by atoms with Crippen LogP contribution in [0.3, 0.4) is 0 Å². The van der Waals surface area contributed by atoms with Gasteiger partial charge in [-0.25, -0.2) is 0 Å². The Balaban J connectivity index is 1.90. The zero-order valence-corrected chi connectivity index (χ0v) is 14.5. The molecule has 24 heavy (non-hydrogen) atoms. The summed E-state index contributed by atoms with van der Waals surface area (Å²) in [5.41, 5.74) is 2.04. The van der Waals surface area contributed by atoms with Crippen LogP contribution in [0.4, 0.5) is 5.69 Å². The van der Waals surface area contributed by atoms with Gasteiger partial charge in [-0.15, -0.1) is 0 Å². The average molecular weight is 327 g/mol. The van der Waals surface area contributed by atoms with Gasteiger partial charge in [-0.1, -0.05) is 30.3 Å². The maximum atomic E-state index is 12.1. The number of benzene rings is 2. The van der Waals surface area contributed by atoms with Crippen LogP contribution in [0.2, 0.25) is 0 Å². The third-order valence-electron chi connectivity index (χ3n) is 3.82. The lowest BCUT2D eigenvalue weighted by Crippen LogP contribution is -2.37. The molecule has 0 radical (unpaired) electrons. The summed E-state index contributed by atoms with van der Waals surface area (Å²) in [6, 6.07) is 17.7. The summed E-state index contributed by atoms with van der Waals surface area (Å²) in [5, 5.41) is 6.10. The molecule has 0 aliphatic heterocycles. The fraction of sp³-hybridized carbons (Fsp3) is 0.316. The molecular formula is C19H25N3O2. The van der Waals surface area contributed by atoms with E-state index in [-0.39, 0.29) is 18.5 Å². The van der Waals surface area contributed by atoms with Gasteiger partial charge in [0, 0.05) is 12.2 Å². The van der Waals surface area contributed by atoms with Crippen molar-refractivity contribution < 1.29 is 9.53 Å². The van der Waals surface area contributed by atoms with Gasteiger partial charge in [0.1, 0.15) is 5.75 Å². The van der Waals surface area contributed by atoms with E-state index in [2.05, 4.69) is 15.5 Å². The summed E-state index contributed by atoms with van der Waals surface area (Å²) in [6.07, 6.45) is 0. The molecule has 5 heteroatoms. The van der Waals surface area contributed by atoms with E-state index in [1.807, 2.05) is 68.7 Å². The molecule has 0 heterocycles. The fourth-order valence-electron chi connectivity index (χ4n) is 2.46. The Hall–Kier alpha value is -2.53. The first-order valence-corrected chi connectivity index (χ1v) is 7.96. The van der Waals surface area contributed by atoms with Gasteiger partial charge in [-0.3, -0.25) is 4.79 Å². The second-order valence-corrected chi connectivity index (χ2v) is 5.78. The van der Waals surface area contributed by atoms with Crippen molar-refractivity contribution in [2.45, 2.75) is 6.04 Å². The van der Waals surface area contributed by atoms with Gasteiger partial charge in [0.05, 0.1) is 19.7 Å². The Labute approximate surface area is 143 Å². The number of carbonyl (C=O) groups excluding carboxylic acids is 1. The molecule has 2 aromatic rings. The lowest BCUT2D eigenvalue weighted by Gasteiger charge is -2.25. The molecule has 1 amide bonds. The highest BCUT2D eigenvalue weighted by Crippen LogP contribution is 2.22. The molecular weight excluding hydrogens is 302 g/mol. The van der Waals surface area contributed by atoms with Crippen molar-refractivity contribution >= 4 is 11.6 Å². The smallest absolute Gasteiger partial charge is 0.239 e. The van der Waals surface area contributed by atoms with Gasteiger partial charge in [-0.2, -0.15) is 0 Å². The van der Waals surface area contributed by atoms with Crippen molar-refractivity contribution in [1.82, 2.24) is 10.2 Å². The number of nitrogens with one attached hydrogen (secondary N) is 2. The normalized spacial score (nSPS) is 11.8. The third kappa shape index (κ3) is 5.28. The molecule has 2 aromatic carbocycles. The number of methoxy groups -OCH3 is 1. The molecule has 0 aliphatic rings. The zero-order chi connectivity index (χ0) is 17.4. The quantitative estimate of drug-likeness (QED) is 0.782. The van der Waals surface area contributed by atoms with Gasteiger partial charge in [0.25, 0.3) is 0 Å². The SMILES string of the molecule is COc1cccc(C(CNC(=O)CNc2ccccc2)N(C)C)c1. The number of hydrogen-bond acceptors (Lipinski definition) is 4. The number of amides is 1. The number of rotatable bonds is 8. The molecule has 2 N–H and O–H groups in total. The molecule has 0 bridgehead atoms. The van der Waals surface area contributed by atoms with Gasteiger partial charge in [0.2, 0.25) is 5.91 Å². The molecule has 0 fully saturated rings. The number of ether oxygens (including phenoxy) is 1. The Bertz CT molecular complexity index is 644. The molecule has 1 atom stereocenters. The summed E-state index contributed by atoms with van der Waals surface area (Å²) in [4.78, 5) is 14.2. The molecule has 0 spiro atoms. The van der Waals surface area contributed by atoms with Crippen LogP contribution in [0.15, 0.2) is 54.6 Å². The molecule has 0 saturated heterocycles. The van der Waals surface area contributed by atoms with E-state index in [4.69, 9.17) is 4.74 Å². The standard InChI is InChI=1S/C19H25N3O2/c1-22(2)18(15-8-7-11-17(12-15)24-3)13-21-19(23)14-20-16-9-5-4-6-10-16/h4-12,18,20H,13-14H2,1-3H3,(H,21,23). The second kappa shape index (κ2) is 8.93. The first-order chi connectivity index (χ1) is 11.6. The van der Waals surface area contributed by atoms with Crippen LogP contribution in [0.25, 0.3) is 0 Å². The number of hydrogen-bond donors (Lipinski definition) is 2. The van der Waals surface area contributed by atoms with Crippen LogP contribution in [0.1, 0.15) is 11.6 Å². The largest absolute Gasteiger partial charge is 0.497 e. The predicted octanol–water partition coefficient (Wildman–Crippen LogP) is 2.53. The van der Waals surface area contributed by atoms with Crippen molar-refractivity contribution in [2.24, 2.45) is 0 Å². The van der Waals surface area contributed by atoms with Gasteiger partial charge in [0.15, 0.2) is 0 Å². The highest BCUT2D eigenvalue weighted by atomic mass is 16.5. The van der Waals surface area contributed by atoms with Crippen LogP contribution in [-0.2, 0) is 4.79 Å². The van der Waals surface area contributed by atoms with Crippen LogP contribution >= 0.6 is 0 Å². The minimum absolute atomic E-state index is 0.0337. The van der Waals surface area contributed by atoms with Gasteiger partial charge in [-0.05, 0) is 43.9 Å². The van der Waals surface area contributed by atoms with Crippen LogP contribution < -0.4 is 15.4 Å². The maximum absolute atomic E-state index is 12.1. The first kappa shape index (κ1) is 17.8. The van der Waals surface area contributed by atoms with Crippen molar-refractivity contribution in [3.05, 3.63) is 60.2 Å². The molecule has 2 rings (SSSR count). The highest BCUT2D eigenvalue weighted by Gasteiger charge is 2.15. The Morgan fingerprint density at radius 3 is 2.54 bits per heavy atom. The summed E-state index contributed by atoms with van der Waals surface area (Å²) in [6.45, 7) is 0.789. The lowest BCUT2D eigenvalue weighted by atomic mass is 10.1. The average Bonchev–Trinajstić information content (AvgIpc) is 2.61. The van der Waals surface area contributed by atoms with Crippen LogP contribution in [0, 0.1) is 0 Å². The predicted molar refractivity (Wildman–Crippen MR) is 97.4 cm³/mol. The lowest BCUT2D eigenvalue weighted by molar-refractivity contribution is -0.119. The first-order valence-electron chi connectivity index (χ1n) is 7.96. The number of nitrogens with zero attached hydrogens (tertiary/aromatic N) is 1. The highest BCUT2D eigenvalue weighted by molar-refractivity contribution is 5.80. The Kier molecular flexibility index (Phi) is 6.63. The Morgan fingerprint density at radius 1 is 1.12 bits per heavy atom. The summed E-state index contributed by atoms with van der Waals surface area (Å²) in [5.74, 6) is 0.782. The number of anilines is 1. The van der Waals surface area contributed by atoms with E-state index in [9.17, 15) is 4.79 Å². The second-order valence-electron chi connectivity index (χ2n) is 5.78. The zero-order valence-electron chi connectivity index (χ0n) is 14.5. The molecule has 0 aromatic heterocycles. The molecule has 0 aliphatic carbocycles. The topological polar surface area (TPSA) is 53.6 Å². The van der Waals surface area contributed by atoms with Crippen molar-refractivity contribution in [3.8, 4) is 5.75 Å². The number of likely N-dealkylation sites (N-methyl/N-ethyl adjacent to an activating group) is 1. The summed E-state index contributed by atoms with van der Waals surface area (Å²) < 4.78 is 5.28. The number of carbonyl (C=O) groups is 1. The molecule has 1 unspecified atom stereocenters. The molecule has 128 valence electrons. The van der Waals surface area contributed by atoms with E-state index < -0.39 is 0 Å². The van der Waals surface area contributed by atoms with Crippen molar-refractivity contribution in [3.63, 3.8) is 0 Å². The van der Waals surface area contributed by atoms with Crippen LogP contribution in [0.5, 0.6) is 5.75 Å². The Morgan fingerprint density at radius 2 is 1.88 bits per heavy atom. The van der Waals surface area contributed by atoms with E-state index in [0.29, 0.717) is 6.54 Å². The monoisotopic (exact) mass is 327 g/mol. The van der Waals surface area contributed by atoms with Gasteiger partial charge >= 0.3 is 0 Å². The fourth-order valence-corrected chi connectivity index (χ4v) is 2.46. The summed E-state index contributed by atoms with van der Waals surface area (Å²) in [7, 11) is 5.65. The summed E-state index contributed by atoms with van der Waals surface area (Å²) >= 11 is 0.